The first-order valence-electron chi connectivity index (χ1n) is 17.0. The average molecular weight is 629 g/mol. The third kappa shape index (κ3) is 4.79. The number of aromatic nitrogens is 1. The average Bonchev–Trinajstić information content (AvgIpc) is 3.63. The third-order valence-corrected chi connectivity index (χ3v) is 10.1. The van der Waals surface area contributed by atoms with Crippen LogP contribution in [0.15, 0.2) is 182 Å². The van der Waals surface area contributed by atoms with E-state index in [0.717, 1.165) is 17.1 Å². The number of rotatable bonds is 6. The van der Waals surface area contributed by atoms with E-state index in [2.05, 4.69) is 205 Å². The SMILES string of the molecule is CC1(C)c2ccccc2-c2c1n(-c1ccccc1)c1ccc(-c3ccc(N(c4ccccc4)c4ccc(-c5ccccc5)cc4)cc3)cc21. The van der Waals surface area contributed by atoms with Gasteiger partial charge in [0.2, 0.25) is 0 Å². The Morgan fingerprint density at radius 3 is 1.59 bits per heavy atom. The molecule has 1 heterocycles. The van der Waals surface area contributed by atoms with E-state index in [-0.39, 0.29) is 5.41 Å². The molecule has 0 bridgehead atoms. The van der Waals surface area contributed by atoms with Crippen molar-refractivity contribution in [3.63, 3.8) is 0 Å². The van der Waals surface area contributed by atoms with E-state index in [0.29, 0.717) is 0 Å². The molecule has 2 heteroatoms. The van der Waals surface area contributed by atoms with Crippen molar-refractivity contribution in [1.82, 2.24) is 4.57 Å². The summed E-state index contributed by atoms with van der Waals surface area (Å²) in [6.45, 7) is 4.73. The van der Waals surface area contributed by atoms with Crippen molar-refractivity contribution in [2.45, 2.75) is 19.3 Å². The van der Waals surface area contributed by atoms with E-state index in [4.69, 9.17) is 0 Å². The van der Waals surface area contributed by atoms with Gasteiger partial charge in [0.05, 0.1) is 5.52 Å². The summed E-state index contributed by atoms with van der Waals surface area (Å²) in [4.78, 5) is 2.33. The Labute approximate surface area is 288 Å². The van der Waals surface area contributed by atoms with Gasteiger partial charge in [0.25, 0.3) is 0 Å². The van der Waals surface area contributed by atoms with Gasteiger partial charge in [-0.3, -0.25) is 0 Å². The second-order valence-corrected chi connectivity index (χ2v) is 13.4. The molecule has 234 valence electrons. The van der Waals surface area contributed by atoms with Crippen LogP contribution in [-0.4, -0.2) is 4.57 Å². The molecule has 0 fully saturated rings. The van der Waals surface area contributed by atoms with Crippen molar-refractivity contribution in [2.24, 2.45) is 0 Å². The first-order chi connectivity index (χ1) is 24.1. The van der Waals surface area contributed by atoms with Gasteiger partial charge < -0.3 is 9.47 Å². The zero-order chi connectivity index (χ0) is 33.0. The fourth-order valence-electron chi connectivity index (χ4n) is 7.82. The van der Waals surface area contributed by atoms with Crippen molar-refractivity contribution < 1.29 is 0 Å². The maximum absolute atomic E-state index is 2.48. The van der Waals surface area contributed by atoms with Gasteiger partial charge in [-0.2, -0.15) is 0 Å². The molecule has 0 unspecified atom stereocenters. The molecular formula is C47H36N2. The highest BCUT2D eigenvalue weighted by molar-refractivity contribution is 6.05. The van der Waals surface area contributed by atoms with Crippen molar-refractivity contribution in [3.05, 3.63) is 193 Å². The van der Waals surface area contributed by atoms with E-state index >= 15 is 0 Å². The molecule has 1 aliphatic carbocycles. The standard InChI is InChI=1S/C47H36N2/c1-47(2)43-21-13-12-20-41(43)45-42-32-36(26-31-44(42)49(46(45)47)38-18-10-5-11-19-38)35-24-29-40(30-25-35)48(37-16-8-4-9-17-37)39-27-22-34(23-28-39)33-14-6-3-7-15-33/h3-32H,1-2H3. The molecule has 0 spiro atoms. The Morgan fingerprint density at radius 1 is 0.449 bits per heavy atom. The number of anilines is 3. The van der Waals surface area contributed by atoms with Crippen molar-refractivity contribution in [3.8, 4) is 39.1 Å². The second kappa shape index (κ2) is 11.5. The minimum atomic E-state index is -0.122. The number of fused-ring (bicyclic) bond motifs is 5. The van der Waals surface area contributed by atoms with Gasteiger partial charge in [0, 0.05) is 44.8 Å². The van der Waals surface area contributed by atoms with Crippen molar-refractivity contribution in [1.29, 1.82) is 0 Å². The molecule has 8 aromatic rings. The number of hydrogen-bond acceptors (Lipinski definition) is 1. The van der Waals surface area contributed by atoms with Crippen LogP contribution < -0.4 is 4.90 Å². The molecule has 2 nitrogen and oxygen atoms in total. The van der Waals surface area contributed by atoms with E-state index < -0.39 is 0 Å². The number of nitrogens with zero attached hydrogens (tertiary/aromatic N) is 2. The molecule has 0 amide bonds. The van der Waals surface area contributed by atoms with Gasteiger partial charge in [-0.15, -0.1) is 0 Å². The topological polar surface area (TPSA) is 8.17 Å². The summed E-state index contributed by atoms with van der Waals surface area (Å²) >= 11 is 0. The quantitative estimate of drug-likeness (QED) is 0.178. The molecular weight excluding hydrogens is 593 g/mol. The van der Waals surface area contributed by atoms with Crippen LogP contribution in [0, 0.1) is 0 Å². The van der Waals surface area contributed by atoms with E-state index in [1.165, 1.54) is 61.2 Å². The van der Waals surface area contributed by atoms with Crippen LogP contribution in [0.2, 0.25) is 0 Å². The van der Waals surface area contributed by atoms with Gasteiger partial charge >= 0.3 is 0 Å². The van der Waals surface area contributed by atoms with Crippen LogP contribution in [0.4, 0.5) is 17.1 Å². The van der Waals surface area contributed by atoms with Crippen LogP contribution >= 0.6 is 0 Å². The molecule has 1 aliphatic rings. The maximum atomic E-state index is 2.48. The minimum absolute atomic E-state index is 0.122. The highest BCUT2D eigenvalue weighted by Crippen LogP contribution is 2.54. The zero-order valence-corrected chi connectivity index (χ0v) is 27.7. The smallest absolute Gasteiger partial charge is 0.0538 e. The Morgan fingerprint density at radius 2 is 0.939 bits per heavy atom. The lowest BCUT2D eigenvalue weighted by Crippen LogP contribution is -2.19. The second-order valence-electron chi connectivity index (χ2n) is 13.4. The number of hydrogen-bond donors (Lipinski definition) is 0. The Kier molecular flexibility index (Phi) is 6.84. The lowest BCUT2D eigenvalue weighted by Gasteiger charge is -2.26. The third-order valence-electron chi connectivity index (χ3n) is 10.1. The molecule has 0 radical (unpaired) electrons. The molecule has 0 saturated heterocycles. The van der Waals surface area contributed by atoms with Crippen LogP contribution in [-0.2, 0) is 5.41 Å². The molecule has 0 saturated carbocycles. The van der Waals surface area contributed by atoms with Crippen LogP contribution in [0.5, 0.6) is 0 Å². The first-order valence-corrected chi connectivity index (χ1v) is 17.0. The number of para-hydroxylation sites is 2. The maximum Gasteiger partial charge on any atom is 0.0538 e. The minimum Gasteiger partial charge on any atom is -0.312 e. The monoisotopic (exact) mass is 628 g/mol. The highest BCUT2D eigenvalue weighted by Gasteiger charge is 2.40. The Bertz CT molecular complexity index is 2420. The van der Waals surface area contributed by atoms with Gasteiger partial charge in [0.15, 0.2) is 0 Å². The summed E-state index contributed by atoms with van der Waals surface area (Å²) in [6, 6.07) is 65.8. The van der Waals surface area contributed by atoms with Gasteiger partial charge in [-0.25, -0.2) is 0 Å². The highest BCUT2D eigenvalue weighted by atomic mass is 15.1. The van der Waals surface area contributed by atoms with Crippen LogP contribution in [0.1, 0.15) is 25.1 Å². The van der Waals surface area contributed by atoms with Gasteiger partial charge in [-0.05, 0) is 94.0 Å². The molecule has 7 aromatic carbocycles. The summed E-state index contributed by atoms with van der Waals surface area (Å²) in [6.07, 6.45) is 0. The summed E-state index contributed by atoms with van der Waals surface area (Å²) < 4.78 is 2.48. The Hall–Kier alpha value is -6.12. The molecule has 1 aromatic heterocycles. The molecule has 9 rings (SSSR count). The fraction of sp³-hybridized carbons (Fsp3) is 0.0638. The summed E-state index contributed by atoms with van der Waals surface area (Å²) in [5.74, 6) is 0. The summed E-state index contributed by atoms with van der Waals surface area (Å²) in [5.41, 5.74) is 16.0. The molecule has 0 atom stereocenters. The van der Waals surface area contributed by atoms with E-state index in [9.17, 15) is 0 Å². The van der Waals surface area contributed by atoms with E-state index in [1.807, 2.05) is 0 Å². The van der Waals surface area contributed by atoms with E-state index in [1.54, 1.807) is 0 Å². The lowest BCUT2D eigenvalue weighted by molar-refractivity contribution is 0.624. The van der Waals surface area contributed by atoms with Gasteiger partial charge in [0.1, 0.15) is 0 Å². The summed E-state index contributed by atoms with van der Waals surface area (Å²) in [7, 11) is 0. The largest absolute Gasteiger partial charge is 0.312 e. The predicted molar refractivity (Wildman–Crippen MR) is 206 cm³/mol. The molecule has 49 heavy (non-hydrogen) atoms. The summed E-state index contributed by atoms with van der Waals surface area (Å²) in [5, 5.41) is 1.29. The van der Waals surface area contributed by atoms with Crippen molar-refractivity contribution in [2.75, 3.05) is 4.90 Å². The molecule has 0 aliphatic heterocycles. The van der Waals surface area contributed by atoms with Gasteiger partial charge in [-0.1, -0.05) is 135 Å². The number of benzene rings is 7. The van der Waals surface area contributed by atoms with Crippen LogP contribution in [0.25, 0.3) is 50.0 Å². The normalized spacial score (nSPS) is 12.9. The Balaban J connectivity index is 1.14. The predicted octanol–water partition coefficient (Wildman–Crippen LogP) is 12.7. The lowest BCUT2D eigenvalue weighted by atomic mass is 9.85. The first kappa shape index (κ1) is 29.1. The fourth-order valence-corrected chi connectivity index (χ4v) is 7.82. The van der Waals surface area contributed by atoms with Crippen molar-refractivity contribution >= 4 is 28.0 Å². The zero-order valence-electron chi connectivity index (χ0n) is 27.7. The molecule has 0 N–H and O–H groups in total. The van der Waals surface area contributed by atoms with Crippen LogP contribution in [0.3, 0.4) is 0 Å².